The van der Waals surface area contributed by atoms with Crippen molar-refractivity contribution in [1.82, 2.24) is 0 Å². The lowest BCUT2D eigenvalue weighted by Crippen LogP contribution is -2.56. The molecule has 0 amide bonds. The third-order valence-electron chi connectivity index (χ3n) is 9.47. The molecule has 0 unspecified atom stereocenters. The van der Waals surface area contributed by atoms with Crippen LogP contribution in [-0.4, -0.2) is 21.2 Å². The van der Waals surface area contributed by atoms with Gasteiger partial charge < -0.3 is 5.11 Å². The maximum absolute atomic E-state index is 11.0. The second kappa shape index (κ2) is 4.28. The molecule has 0 aromatic heterocycles. The quantitative estimate of drug-likeness (QED) is 0.642. The highest BCUT2D eigenvalue weighted by Gasteiger charge is 2.65. The van der Waals surface area contributed by atoms with Gasteiger partial charge in [0.2, 0.25) is 0 Å². The number of rotatable bonds is 0. The lowest BCUT2D eigenvalue weighted by Gasteiger charge is -2.60. The lowest BCUT2D eigenvalue weighted by atomic mass is 9.44. The number of hydrogen-bond donors (Lipinski definition) is 1. The van der Waals surface area contributed by atoms with E-state index in [1.54, 1.807) is 0 Å². The summed E-state index contributed by atoms with van der Waals surface area (Å²) in [6.45, 7) is 7.22. The Labute approximate surface area is 140 Å². The van der Waals surface area contributed by atoms with Gasteiger partial charge in [0.1, 0.15) is 0 Å². The molecule has 1 heterocycles. The average Bonchev–Trinajstić information content (AvgIpc) is 3.14. The van der Waals surface area contributed by atoms with Gasteiger partial charge in [-0.2, -0.15) is 11.8 Å². The molecule has 22 heavy (non-hydrogen) atoms. The Bertz CT molecular complexity index is 502. The lowest BCUT2D eigenvalue weighted by molar-refractivity contribution is -0.143. The summed E-state index contributed by atoms with van der Waals surface area (Å²) in [7, 11) is 0. The van der Waals surface area contributed by atoms with Crippen molar-refractivity contribution in [2.45, 2.75) is 88.2 Å². The molecule has 1 N–H and O–H groups in total. The number of thioether (sulfide) groups is 1. The first-order valence-corrected chi connectivity index (χ1v) is 10.7. The van der Waals surface area contributed by atoms with Crippen molar-refractivity contribution in [3.8, 4) is 0 Å². The van der Waals surface area contributed by atoms with Crippen molar-refractivity contribution in [3.05, 3.63) is 0 Å². The second-order valence-electron chi connectivity index (χ2n) is 10.1. The van der Waals surface area contributed by atoms with Crippen LogP contribution in [0.4, 0.5) is 0 Å². The summed E-state index contributed by atoms with van der Waals surface area (Å²) < 4.78 is 0. The summed E-state index contributed by atoms with van der Waals surface area (Å²) >= 11 is 2.28. The smallest absolute Gasteiger partial charge is 0.0675 e. The fourth-order valence-corrected chi connectivity index (χ4v) is 9.13. The molecule has 0 bridgehead atoms. The first-order valence-electron chi connectivity index (χ1n) is 9.73. The van der Waals surface area contributed by atoms with Crippen molar-refractivity contribution in [2.75, 3.05) is 0 Å². The summed E-state index contributed by atoms with van der Waals surface area (Å²) in [5.41, 5.74) is 0.413. The number of aliphatic hydroxyl groups is 1. The van der Waals surface area contributed by atoms with E-state index in [0.29, 0.717) is 5.41 Å². The standard InChI is InChI=1S/C20H32OS/c1-18-11-17-16(22-17)10-12(18)4-5-13-14(18)6-8-19(2)15(13)7-9-20(19,3)21/h12-17,21H,4-11H2,1-3H3/t12-,13+,14+,15+,16+,17-,18-,19-,20-/m0/s1. The zero-order chi connectivity index (χ0) is 15.3. The van der Waals surface area contributed by atoms with Crippen LogP contribution in [0.15, 0.2) is 0 Å². The molecule has 1 saturated heterocycles. The van der Waals surface area contributed by atoms with Gasteiger partial charge in [-0.25, -0.2) is 0 Å². The molecule has 4 aliphatic carbocycles. The van der Waals surface area contributed by atoms with Gasteiger partial charge in [-0.3, -0.25) is 0 Å². The second-order valence-corrected chi connectivity index (χ2v) is 11.6. The van der Waals surface area contributed by atoms with Crippen LogP contribution in [0.3, 0.4) is 0 Å². The van der Waals surface area contributed by atoms with Gasteiger partial charge in [0.05, 0.1) is 5.60 Å². The topological polar surface area (TPSA) is 20.2 Å². The molecule has 2 heteroatoms. The van der Waals surface area contributed by atoms with Gasteiger partial charge in [-0.1, -0.05) is 13.8 Å². The van der Waals surface area contributed by atoms with E-state index in [0.717, 1.165) is 40.6 Å². The molecule has 124 valence electrons. The summed E-state index contributed by atoms with van der Waals surface area (Å²) in [6, 6.07) is 0. The van der Waals surface area contributed by atoms with E-state index in [1.807, 2.05) is 0 Å². The molecule has 0 aromatic rings. The molecule has 9 atom stereocenters. The fourth-order valence-electron chi connectivity index (χ4n) is 7.76. The molecular weight excluding hydrogens is 288 g/mol. The van der Waals surface area contributed by atoms with Crippen LogP contribution >= 0.6 is 11.8 Å². The third kappa shape index (κ3) is 1.67. The Balaban J connectivity index is 1.48. The zero-order valence-electron chi connectivity index (χ0n) is 14.5. The Morgan fingerprint density at radius 1 is 0.909 bits per heavy atom. The number of hydrogen-bond acceptors (Lipinski definition) is 2. The third-order valence-corrected chi connectivity index (χ3v) is 10.9. The van der Waals surface area contributed by atoms with Crippen molar-refractivity contribution in [3.63, 3.8) is 0 Å². The molecule has 1 aliphatic heterocycles. The highest BCUT2D eigenvalue weighted by atomic mass is 32.2. The fraction of sp³-hybridized carbons (Fsp3) is 1.00. The molecule has 0 radical (unpaired) electrons. The van der Waals surface area contributed by atoms with E-state index < -0.39 is 5.60 Å². The maximum Gasteiger partial charge on any atom is 0.0675 e. The minimum atomic E-state index is -0.412. The predicted molar refractivity (Wildman–Crippen MR) is 92.9 cm³/mol. The van der Waals surface area contributed by atoms with E-state index in [4.69, 9.17) is 0 Å². The number of fused-ring (bicyclic) bond motifs is 6. The van der Waals surface area contributed by atoms with Crippen molar-refractivity contribution in [1.29, 1.82) is 0 Å². The Morgan fingerprint density at radius 3 is 2.50 bits per heavy atom. The van der Waals surface area contributed by atoms with Crippen LogP contribution in [0.25, 0.3) is 0 Å². The van der Waals surface area contributed by atoms with Gasteiger partial charge in [-0.05, 0) is 92.8 Å². The van der Waals surface area contributed by atoms with E-state index >= 15 is 0 Å². The van der Waals surface area contributed by atoms with E-state index in [-0.39, 0.29) is 5.41 Å². The summed E-state index contributed by atoms with van der Waals surface area (Å²) in [5, 5.41) is 13.0. The molecule has 5 fully saturated rings. The predicted octanol–water partition coefficient (Wildman–Crippen LogP) is 4.87. The summed E-state index contributed by atoms with van der Waals surface area (Å²) in [4.78, 5) is 0. The monoisotopic (exact) mass is 320 g/mol. The zero-order valence-corrected chi connectivity index (χ0v) is 15.3. The van der Waals surface area contributed by atoms with Crippen LogP contribution < -0.4 is 0 Å². The summed E-state index contributed by atoms with van der Waals surface area (Å²) in [6.07, 6.45) is 11.0. The van der Waals surface area contributed by atoms with Gasteiger partial charge in [0.15, 0.2) is 0 Å². The van der Waals surface area contributed by atoms with Gasteiger partial charge >= 0.3 is 0 Å². The van der Waals surface area contributed by atoms with Crippen LogP contribution in [0, 0.1) is 34.5 Å². The van der Waals surface area contributed by atoms with Crippen LogP contribution in [-0.2, 0) is 0 Å². The SMILES string of the molecule is C[C@]12C[C@@H]3S[C@@H]3C[C@@H]1CC[C@@H]1[C@H]2CC[C@@]2(C)[C@@H]1CC[C@]2(C)O. The van der Waals surface area contributed by atoms with Crippen molar-refractivity contribution >= 4 is 11.8 Å². The Morgan fingerprint density at radius 2 is 1.68 bits per heavy atom. The van der Waals surface area contributed by atoms with Crippen LogP contribution in [0.2, 0.25) is 0 Å². The van der Waals surface area contributed by atoms with Gasteiger partial charge in [0, 0.05) is 10.5 Å². The molecule has 5 rings (SSSR count). The van der Waals surface area contributed by atoms with E-state index in [9.17, 15) is 5.11 Å². The van der Waals surface area contributed by atoms with Crippen molar-refractivity contribution < 1.29 is 5.11 Å². The van der Waals surface area contributed by atoms with Gasteiger partial charge in [-0.15, -0.1) is 0 Å². The van der Waals surface area contributed by atoms with Crippen molar-refractivity contribution in [2.24, 2.45) is 34.5 Å². The normalized spacial score (nSPS) is 66.0. The molecule has 1 nitrogen and oxygen atoms in total. The highest BCUT2D eigenvalue weighted by Crippen LogP contribution is 2.71. The first kappa shape index (κ1) is 14.6. The molecule has 0 aromatic carbocycles. The molecule has 0 spiro atoms. The van der Waals surface area contributed by atoms with Crippen LogP contribution in [0.1, 0.15) is 72.1 Å². The highest BCUT2D eigenvalue weighted by molar-refractivity contribution is 8.07. The molecular formula is C20H32OS. The molecule has 4 saturated carbocycles. The van der Waals surface area contributed by atoms with E-state index in [2.05, 4.69) is 32.5 Å². The van der Waals surface area contributed by atoms with Gasteiger partial charge in [0.25, 0.3) is 0 Å². The minimum Gasteiger partial charge on any atom is -0.390 e. The van der Waals surface area contributed by atoms with E-state index in [1.165, 1.54) is 44.9 Å². The Hall–Kier alpha value is 0.310. The Kier molecular flexibility index (Phi) is 2.85. The average molecular weight is 321 g/mol. The largest absolute Gasteiger partial charge is 0.390 e. The maximum atomic E-state index is 11.0. The first-order chi connectivity index (χ1) is 10.4. The molecule has 5 aliphatic rings. The van der Waals surface area contributed by atoms with Crippen LogP contribution in [0.5, 0.6) is 0 Å². The summed E-state index contributed by atoms with van der Waals surface area (Å²) in [5.74, 6) is 3.68. The minimum absolute atomic E-state index is 0.197.